The second-order valence-electron chi connectivity index (χ2n) is 6.65. The summed E-state index contributed by atoms with van der Waals surface area (Å²) < 4.78 is 16.9. The maximum absolute atomic E-state index is 6.11. The highest BCUT2D eigenvalue weighted by atomic mass is 35.5. The van der Waals surface area contributed by atoms with Gasteiger partial charge in [0.1, 0.15) is 5.75 Å². The Morgan fingerprint density at radius 1 is 1.08 bits per heavy atom. The Morgan fingerprint density at radius 2 is 1.88 bits per heavy atom. The molecular formula is C20H24ClNO3. The molecule has 1 fully saturated rings. The first-order valence-corrected chi connectivity index (χ1v) is 8.55. The molecule has 134 valence electrons. The monoisotopic (exact) mass is 361 g/mol. The lowest BCUT2D eigenvalue weighted by Crippen LogP contribution is -2.39. The second kappa shape index (κ2) is 7.98. The molecule has 25 heavy (non-hydrogen) atoms. The van der Waals surface area contributed by atoms with Crippen LogP contribution in [0.2, 0.25) is 0 Å². The highest BCUT2D eigenvalue weighted by Gasteiger charge is 2.29. The molecule has 0 saturated carbocycles. The van der Waals surface area contributed by atoms with Crippen molar-refractivity contribution in [2.45, 2.75) is 12.3 Å². The summed E-state index contributed by atoms with van der Waals surface area (Å²) in [4.78, 5) is 2.40. The minimum absolute atomic E-state index is 0. The first kappa shape index (κ1) is 17.9. The molecule has 2 aromatic carbocycles. The summed E-state index contributed by atoms with van der Waals surface area (Å²) in [5.41, 5.74) is 1.42. The Balaban J connectivity index is 0.00000182. The lowest BCUT2D eigenvalue weighted by Gasteiger charge is -2.37. The molecule has 2 aromatic rings. The molecule has 0 N–H and O–H groups in total. The predicted octanol–water partition coefficient (Wildman–Crippen LogP) is 3.95. The van der Waals surface area contributed by atoms with E-state index in [1.54, 1.807) is 0 Å². The molecule has 0 aliphatic carbocycles. The minimum atomic E-state index is 0. The highest BCUT2D eigenvalue weighted by Crippen LogP contribution is 2.36. The normalized spacial score (nSPS) is 22.3. The third-order valence-corrected chi connectivity index (χ3v) is 4.97. The van der Waals surface area contributed by atoms with Crippen LogP contribution in [-0.2, 0) is 0 Å². The van der Waals surface area contributed by atoms with Gasteiger partial charge in [-0.05, 0) is 43.6 Å². The van der Waals surface area contributed by atoms with Crippen LogP contribution >= 0.6 is 12.4 Å². The quantitative estimate of drug-likeness (QED) is 0.825. The summed E-state index contributed by atoms with van der Waals surface area (Å²) in [7, 11) is 2.19. The molecule has 4 nitrogen and oxygen atoms in total. The summed E-state index contributed by atoms with van der Waals surface area (Å²) in [5.74, 6) is 3.45. The predicted molar refractivity (Wildman–Crippen MR) is 100 cm³/mol. The first-order valence-electron chi connectivity index (χ1n) is 8.55. The Kier molecular flexibility index (Phi) is 5.71. The van der Waals surface area contributed by atoms with Crippen LogP contribution in [0.15, 0.2) is 48.5 Å². The van der Waals surface area contributed by atoms with E-state index in [4.69, 9.17) is 14.2 Å². The van der Waals surface area contributed by atoms with Crippen LogP contribution in [0.5, 0.6) is 17.2 Å². The minimum Gasteiger partial charge on any atom is -0.493 e. The Labute approximate surface area is 155 Å². The summed E-state index contributed by atoms with van der Waals surface area (Å²) in [6.07, 6.45) is 1.18. The molecule has 2 aliphatic rings. The SMILES string of the molecule is CN1CC[C@@H](c2ccccc2)[C@@H](COc2ccc3c(c2)OCO3)C1.Cl. The van der Waals surface area contributed by atoms with Crippen molar-refractivity contribution in [2.24, 2.45) is 5.92 Å². The van der Waals surface area contributed by atoms with Gasteiger partial charge in [0.2, 0.25) is 6.79 Å². The van der Waals surface area contributed by atoms with Crippen molar-refractivity contribution in [1.29, 1.82) is 0 Å². The Morgan fingerprint density at radius 3 is 2.72 bits per heavy atom. The zero-order valence-corrected chi connectivity index (χ0v) is 15.2. The average molecular weight is 362 g/mol. The Hall–Kier alpha value is -1.91. The third kappa shape index (κ3) is 4.02. The number of halogens is 1. The summed E-state index contributed by atoms with van der Waals surface area (Å²) in [5, 5.41) is 0. The number of piperidine rings is 1. The van der Waals surface area contributed by atoms with Crippen LogP contribution in [0.4, 0.5) is 0 Å². The lowest BCUT2D eigenvalue weighted by molar-refractivity contribution is 0.129. The Bertz CT molecular complexity index is 695. The molecule has 0 radical (unpaired) electrons. The zero-order valence-electron chi connectivity index (χ0n) is 14.4. The van der Waals surface area contributed by atoms with E-state index in [9.17, 15) is 0 Å². The number of hydrogen-bond acceptors (Lipinski definition) is 4. The maximum Gasteiger partial charge on any atom is 0.231 e. The molecule has 5 heteroatoms. The van der Waals surface area contributed by atoms with Crippen LogP contribution in [0.1, 0.15) is 17.9 Å². The zero-order chi connectivity index (χ0) is 16.4. The molecule has 2 atom stereocenters. The van der Waals surface area contributed by atoms with Gasteiger partial charge in [-0.2, -0.15) is 0 Å². The van der Waals surface area contributed by atoms with E-state index in [0.29, 0.717) is 25.2 Å². The van der Waals surface area contributed by atoms with Crippen LogP contribution in [0.3, 0.4) is 0 Å². The van der Waals surface area contributed by atoms with E-state index in [-0.39, 0.29) is 12.4 Å². The molecule has 0 aromatic heterocycles. The first-order chi connectivity index (χ1) is 11.8. The van der Waals surface area contributed by atoms with Gasteiger partial charge < -0.3 is 19.1 Å². The third-order valence-electron chi connectivity index (χ3n) is 4.97. The molecule has 0 spiro atoms. The van der Waals surface area contributed by atoms with E-state index >= 15 is 0 Å². The van der Waals surface area contributed by atoms with Crippen molar-refractivity contribution >= 4 is 12.4 Å². The van der Waals surface area contributed by atoms with Gasteiger partial charge in [0.25, 0.3) is 0 Å². The van der Waals surface area contributed by atoms with E-state index in [0.717, 1.165) is 30.3 Å². The molecule has 2 aliphatic heterocycles. The second-order valence-corrected chi connectivity index (χ2v) is 6.65. The largest absolute Gasteiger partial charge is 0.493 e. The van der Waals surface area contributed by atoms with E-state index < -0.39 is 0 Å². The van der Waals surface area contributed by atoms with Gasteiger partial charge in [-0.1, -0.05) is 30.3 Å². The van der Waals surface area contributed by atoms with Gasteiger partial charge in [0.15, 0.2) is 11.5 Å². The lowest BCUT2D eigenvalue weighted by atomic mass is 9.81. The standard InChI is InChI=1S/C20H23NO3.ClH/c1-21-10-9-18(15-5-3-2-4-6-15)16(12-21)13-22-17-7-8-19-20(11-17)24-14-23-19;/h2-8,11,16,18H,9-10,12-14H2,1H3;1H/t16-,18+;/m1./s1. The fourth-order valence-corrected chi connectivity index (χ4v) is 3.69. The van der Waals surface area contributed by atoms with Gasteiger partial charge in [-0.3, -0.25) is 0 Å². The smallest absolute Gasteiger partial charge is 0.231 e. The van der Waals surface area contributed by atoms with Crippen molar-refractivity contribution in [3.05, 3.63) is 54.1 Å². The molecule has 0 bridgehead atoms. The van der Waals surface area contributed by atoms with Crippen LogP contribution < -0.4 is 14.2 Å². The number of fused-ring (bicyclic) bond motifs is 1. The maximum atomic E-state index is 6.11. The van der Waals surface area contributed by atoms with Crippen LogP contribution in [0.25, 0.3) is 0 Å². The van der Waals surface area contributed by atoms with Gasteiger partial charge >= 0.3 is 0 Å². The van der Waals surface area contributed by atoms with Gasteiger partial charge in [0.05, 0.1) is 6.61 Å². The fraction of sp³-hybridized carbons (Fsp3) is 0.400. The molecular weight excluding hydrogens is 338 g/mol. The van der Waals surface area contributed by atoms with Crippen molar-refractivity contribution in [1.82, 2.24) is 4.90 Å². The average Bonchev–Trinajstić information content (AvgIpc) is 3.08. The number of rotatable bonds is 4. The summed E-state index contributed by atoms with van der Waals surface area (Å²) in [6.45, 7) is 3.20. The molecule has 0 unspecified atom stereocenters. The molecule has 4 rings (SSSR count). The van der Waals surface area contributed by atoms with E-state index in [2.05, 4.69) is 42.3 Å². The van der Waals surface area contributed by atoms with Crippen molar-refractivity contribution in [3.8, 4) is 17.2 Å². The molecule has 1 saturated heterocycles. The summed E-state index contributed by atoms with van der Waals surface area (Å²) >= 11 is 0. The van der Waals surface area contributed by atoms with E-state index in [1.807, 2.05) is 18.2 Å². The molecule has 2 heterocycles. The van der Waals surface area contributed by atoms with Crippen molar-refractivity contribution in [3.63, 3.8) is 0 Å². The molecule has 0 amide bonds. The van der Waals surface area contributed by atoms with Crippen molar-refractivity contribution in [2.75, 3.05) is 33.5 Å². The summed E-state index contributed by atoms with van der Waals surface area (Å²) in [6, 6.07) is 16.6. The van der Waals surface area contributed by atoms with Gasteiger partial charge in [-0.25, -0.2) is 0 Å². The number of benzene rings is 2. The van der Waals surface area contributed by atoms with Crippen molar-refractivity contribution < 1.29 is 14.2 Å². The topological polar surface area (TPSA) is 30.9 Å². The van der Waals surface area contributed by atoms with E-state index in [1.165, 1.54) is 12.0 Å². The number of hydrogen-bond donors (Lipinski definition) is 0. The number of nitrogens with zero attached hydrogens (tertiary/aromatic N) is 1. The highest BCUT2D eigenvalue weighted by molar-refractivity contribution is 5.85. The van der Waals surface area contributed by atoms with Gasteiger partial charge in [-0.15, -0.1) is 12.4 Å². The van der Waals surface area contributed by atoms with Gasteiger partial charge in [0, 0.05) is 18.5 Å². The fourth-order valence-electron chi connectivity index (χ4n) is 3.69. The van der Waals surface area contributed by atoms with Crippen LogP contribution in [-0.4, -0.2) is 38.4 Å². The number of likely N-dealkylation sites (tertiary alicyclic amines) is 1. The van der Waals surface area contributed by atoms with Crippen LogP contribution in [0, 0.1) is 5.92 Å². The number of ether oxygens (including phenoxy) is 3.